The summed E-state index contributed by atoms with van der Waals surface area (Å²) in [4.78, 5) is 10.5. The monoisotopic (exact) mass is 244 g/mol. The average Bonchev–Trinajstić information content (AvgIpc) is 3.02. The lowest BCUT2D eigenvalue weighted by Crippen LogP contribution is -2.45. The number of nitrogens with one attached hydrogen (secondary N) is 1. The number of nitrogens with two attached hydrogens (primary N) is 1. The van der Waals surface area contributed by atoms with Crippen molar-refractivity contribution in [2.75, 3.05) is 0 Å². The van der Waals surface area contributed by atoms with Crippen LogP contribution in [0.1, 0.15) is 32.1 Å². The van der Waals surface area contributed by atoms with Crippen LogP contribution in [0, 0.1) is 17.8 Å². The number of carbonyl (C=O) groups excluding carboxylic acids is 1. The summed E-state index contributed by atoms with van der Waals surface area (Å²) < 4.78 is 25.5. The molecule has 2 unspecified atom stereocenters. The molecule has 0 bridgehead atoms. The third-order valence-corrected chi connectivity index (χ3v) is 5.87. The predicted octanol–water partition coefficient (Wildman–Crippen LogP) is -0.0727. The molecule has 6 heteroatoms. The Balaban J connectivity index is 1.61. The van der Waals surface area contributed by atoms with Crippen molar-refractivity contribution in [3.8, 4) is 0 Å². The fourth-order valence-corrected chi connectivity index (χ4v) is 3.52. The zero-order valence-electron chi connectivity index (χ0n) is 8.98. The molecular formula is C10H16N2O3S. The van der Waals surface area contributed by atoms with Gasteiger partial charge in [-0.25, -0.2) is 8.42 Å². The topological polar surface area (TPSA) is 89.3 Å². The van der Waals surface area contributed by atoms with Gasteiger partial charge in [0, 0.05) is 5.92 Å². The van der Waals surface area contributed by atoms with E-state index in [-0.39, 0.29) is 11.8 Å². The van der Waals surface area contributed by atoms with Gasteiger partial charge in [0.05, 0.1) is 0 Å². The van der Waals surface area contributed by atoms with Crippen LogP contribution in [0.3, 0.4) is 0 Å². The van der Waals surface area contributed by atoms with Crippen LogP contribution in [0.4, 0.5) is 0 Å². The lowest BCUT2D eigenvalue weighted by molar-refractivity contribution is -0.120. The average molecular weight is 244 g/mol. The molecule has 90 valence electrons. The fourth-order valence-electron chi connectivity index (χ4n) is 2.26. The van der Waals surface area contributed by atoms with Gasteiger partial charge in [-0.3, -0.25) is 9.52 Å². The third-order valence-electron chi connectivity index (χ3n) is 3.92. The molecule has 0 aliphatic heterocycles. The molecule has 0 saturated heterocycles. The normalized spacial score (nSPS) is 35.6. The molecule has 3 fully saturated rings. The van der Waals surface area contributed by atoms with E-state index in [0.717, 1.165) is 6.42 Å². The molecule has 2 atom stereocenters. The summed E-state index contributed by atoms with van der Waals surface area (Å²) in [6.45, 7) is 0. The Morgan fingerprint density at radius 1 is 1.31 bits per heavy atom. The summed E-state index contributed by atoms with van der Waals surface area (Å²) in [5.41, 5.74) is 5.60. The van der Waals surface area contributed by atoms with Gasteiger partial charge in [0.15, 0.2) is 0 Å². The molecule has 0 aromatic carbocycles. The van der Waals surface area contributed by atoms with Gasteiger partial charge in [-0.1, -0.05) is 0 Å². The number of amides is 1. The summed E-state index contributed by atoms with van der Waals surface area (Å²) in [5, 5.41) is 0. The Bertz CT molecular complexity index is 437. The van der Waals surface area contributed by atoms with Crippen LogP contribution in [-0.4, -0.2) is 19.2 Å². The Morgan fingerprint density at radius 3 is 2.44 bits per heavy atom. The number of hydrogen-bond donors (Lipinski definition) is 2. The molecule has 0 heterocycles. The van der Waals surface area contributed by atoms with Crippen molar-refractivity contribution >= 4 is 15.9 Å². The second kappa shape index (κ2) is 2.98. The zero-order chi connectivity index (χ0) is 11.6. The molecule has 3 N–H and O–H groups in total. The molecule has 16 heavy (non-hydrogen) atoms. The molecule has 3 saturated carbocycles. The van der Waals surface area contributed by atoms with E-state index in [4.69, 9.17) is 5.73 Å². The molecule has 1 amide bonds. The molecule has 3 rings (SSSR count). The summed E-state index contributed by atoms with van der Waals surface area (Å²) in [7, 11) is -3.64. The van der Waals surface area contributed by atoms with Gasteiger partial charge in [0.1, 0.15) is 4.87 Å². The number of rotatable bonds is 4. The number of hydrogen-bond acceptors (Lipinski definition) is 4. The van der Waals surface area contributed by atoms with Gasteiger partial charge in [-0.05, 0) is 43.9 Å². The first kappa shape index (κ1) is 10.5. The van der Waals surface area contributed by atoms with Gasteiger partial charge in [0.2, 0.25) is 5.91 Å². The van der Waals surface area contributed by atoms with Crippen LogP contribution >= 0.6 is 0 Å². The first-order valence-electron chi connectivity index (χ1n) is 5.78. The van der Waals surface area contributed by atoms with Gasteiger partial charge in [-0.15, -0.1) is 0 Å². The van der Waals surface area contributed by atoms with Crippen molar-refractivity contribution in [1.82, 2.24) is 4.72 Å². The van der Waals surface area contributed by atoms with E-state index >= 15 is 0 Å². The van der Waals surface area contributed by atoms with Crippen molar-refractivity contribution in [3.05, 3.63) is 0 Å². The fraction of sp³-hybridized carbons (Fsp3) is 0.900. The second-order valence-corrected chi connectivity index (χ2v) is 7.40. The summed E-state index contributed by atoms with van der Waals surface area (Å²) >= 11 is 0. The van der Waals surface area contributed by atoms with Gasteiger partial charge >= 0.3 is 0 Å². The molecule has 0 aromatic rings. The third kappa shape index (κ3) is 1.64. The van der Waals surface area contributed by atoms with E-state index in [1.807, 2.05) is 0 Å². The van der Waals surface area contributed by atoms with Crippen LogP contribution in [0.5, 0.6) is 0 Å². The summed E-state index contributed by atoms with van der Waals surface area (Å²) in [5.74, 6) is 0.688. The minimum absolute atomic E-state index is 0.0791. The number of carbonyl (C=O) groups is 1. The molecular weight excluding hydrogens is 228 g/mol. The van der Waals surface area contributed by atoms with E-state index < -0.39 is 14.9 Å². The van der Waals surface area contributed by atoms with Crippen molar-refractivity contribution in [2.45, 2.75) is 37.0 Å². The smallest absolute Gasteiger partial charge is 0.253 e. The van der Waals surface area contributed by atoms with Crippen LogP contribution in [-0.2, 0) is 14.8 Å². The van der Waals surface area contributed by atoms with E-state index in [1.165, 1.54) is 12.8 Å². The molecule has 3 aliphatic carbocycles. The maximum Gasteiger partial charge on any atom is 0.253 e. The minimum atomic E-state index is -3.64. The van der Waals surface area contributed by atoms with E-state index in [0.29, 0.717) is 24.7 Å². The molecule has 5 nitrogen and oxygen atoms in total. The SMILES string of the molecule is NC1(S(=O)(=O)NC(=O)C2CC2C2CC2)CC1. The van der Waals surface area contributed by atoms with Crippen molar-refractivity contribution < 1.29 is 13.2 Å². The van der Waals surface area contributed by atoms with E-state index in [9.17, 15) is 13.2 Å². The second-order valence-electron chi connectivity index (χ2n) is 5.38. The highest BCUT2D eigenvalue weighted by Crippen LogP contribution is 2.54. The molecule has 0 aromatic heterocycles. The first-order valence-corrected chi connectivity index (χ1v) is 7.26. The van der Waals surface area contributed by atoms with Crippen LogP contribution in [0.25, 0.3) is 0 Å². The van der Waals surface area contributed by atoms with E-state index in [1.54, 1.807) is 0 Å². The molecule has 3 aliphatic rings. The van der Waals surface area contributed by atoms with Crippen LogP contribution in [0.2, 0.25) is 0 Å². The van der Waals surface area contributed by atoms with Crippen molar-refractivity contribution in [3.63, 3.8) is 0 Å². The lowest BCUT2D eigenvalue weighted by atomic mass is 10.2. The highest BCUT2D eigenvalue weighted by Gasteiger charge is 2.55. The molecule has 0 radical (unpaired) electrons. The van der Waals surface area contributed by atoms with Crippen LogP contribution < -0.4 is 10.5 Å². The van der Waals surface area contributed by atoms with Crippen molar-refractivity contribution in [1.29, 1.82) is 0 Å². The summed E-state index contributed by atoms with van der Waals surface area (Å²) in [6, 6.07) is 0. The van der Waals surface area contributed by atoms with Gasteiger partial charge < -0.3 is 5.73 Å². The Hall–Kier alpha value is -0.620. The minimum Gasteiger partial charge on any atom is -0.311 e. The Kier molecular flexibility index (Phi) is 1.96. The van der Waals surface area contributed by atoms with Crippen LogP contribution in [0.15, 0.2) is 0 Å². The Labute approximate surface area is 94.8 Å². The zero-order valence-corrected chi connectivity index (χ0v) is 9.79. The predicted molar refractivity (Wildman–Crippen MR) is 57.5 cm³/mol. The maximum atomic E-state index is 11.7. The first-order chi connectivity index (χ1) is 7.43. The standard InChI is InChI=1S/C10H16N2O3S/c11-10(3-4-10)16(14,15)12-9(13)8-5-7(8)6-1-2-6/h6-8H,1-5,11H2,(H,12,13). The number of sulfonamides is 1. The van der Waals surface area contributed by atoms with Crippen molar-refractivity contribution in [2.24, 2.45) is 23.5 Å². The lowest BCUT2D eigenvalue weighted by Gasteiger charge is -2.11. The van der Waals surface area contributed by atoms with E-state index in [2.05, 4.69) is 4.72 Å². The highest BCUT2D eigenvalue weighted by atomic mass is 32.2. The van der Waals surface area contributed by atoms with Gasteiger partial charge in [0.25, 0.3) is 10.0 Å². The largest absolute Gasteiger partial charge is 0.311 e. The quantitative estimate of drug-likeness (QED) is 0.724. The maximum absolute atomic E-state index is 11.7. The Morgan fingerprint density at radius 2 is 1.94 bits per heavy atom. The summed E-state index contributed by atoms with van der Waals surface area (Å²) in [6.07, 6.45) is 4.15. The highest BCUT2D eigenvalue weighted by molar-refractivity contribution is 7.91. The molecule has 0 spiro atoms. The van der Waals surface area contributed by atoms with Gasteiger partial charge in [-0.2, -0.15) is 0 Å².